The van der Waals surface area contributed by atoms with Gasteiger partial charge in [-0.2, -0.15) is 0 Å². The summed E-state index contributed by atoms with van der Waals surface area (Å²) in [5.74, 6) is 0.809. The van der Waals surface area contributed by atoms with Gasteiger partial charge in [0.2, 0.25) is 0 Å². The van der Waals surface area contributed by atoms with E-state index in [1.54, 1.807) is 0 Å². The highest BCUT2D eigenvalue weighted by atomic mass is 79.9. The number of halogens is 1. The SMILES string of the molecule is CC(C)(C)OC(=O)N1CCCC[C@@H]1CNc1cccc(Br)n1. The van der Waals surface area contributed by atoms with E-state index < -0.39 is 5.60 Å². The third-order valence-electron chi connectivity index (χ3n) is 3.49. The van der Waals surface area contributed by atoms with Gasteiger partial charge in [-0.15, -0.1) is 0 Å². The summed E-state index contributed by atoms with van der Waals surface area (Å²) in [4.78, 5) is 18.5. The maximum atomic E-state index is 12.3. The zero-order valence-electron chi connectivity index (χ0n) is 13.4. The molecule has 22 heavy (non-hydrogen) atoms. The Kier molecular flexibility index (Phi) is 5.67. The lowest BCUT2D eigenvalue weighted by Crippen LogP contribution is -2.48. The molecule has 1 amide bonds. The second kappa shape index (κ2) is 7.31. The van der Waals surface area contributed by atoms with E-state index in [2.05, 4.69) is 26.2 Å². The molecule has 0 radical (unpaired) electrons. The molecule has 5 nitrogen and oxygen atoms in total. The number of nitrogens with one attached hydrogen (secondary N) is 1. The molecular weight excluding hydrogens is 346 g/mol. The number of ether oxygens (including phenoxy) is 1. The third kappa shape index (κ3) is 5.16. The molecule has 6 heteroatoms. The van der Waals surface area contributed by atoms with Gasteiger partial charge in [0.05, 0.1) is 6.04 Å². The Hall–Kier alpha value is -1.30. The van der Waals surface area contributed by atoms with Gasteiger partial charge in [-0.05, 0) is 68.1 Å². The van der Waals surface area contributed by atoms with Crippen molar-refractivity contribution in [2.75, 3.05) is 18.4 Å². The summed E-state index contributed by atoms with van der Waals surface area (Å²) >= 11 is 3.36. The van der Waals surface area contributed by atoms with Crippen LogP contribution in [0.2, 0.25) is 0 Å². The maximum Gasteiger partial charge on any atom is 0.410 e. The molecule has 1 aromatic rings. The molecule has 1 aliphatic heterocycles. The Bertz CT molecular complexity index is 516. The minimum Gasteiger partial charge on any atom is -0.444 e. The highest BCUT2D eigenvalue weighted by molar-refractivity contribution is 9.10. The van der Waals surface area contributed by atoms with Crippen LogP contribution < -0.4 is 5.32 Å². The van der Waals surface area contributed by atoms with Crippen LogP contribution >= 0.6 is 15.9 Å². The number of hydrogen-bond acceptors (Lipinski definition) is 4. The molecule has 2 heterocycles. The highest BCUT2D eigenvalue weighted by Crippen LogP contribution is 2.21. The quantitative estimate of drug-likeness (QED) is 0.816. The number of carbonyl (C=O) groups is 1. The van der Waals surface area contributed by atoms with E-state index in [4.69, 9.17) is 4.74 Å². The van der Waals surface area contributed by atoms with Gasteiger partial charge in [0.1, 0.15) is 16.0 Å². The Labute approximate surface area is 140 Å². The van der Waals surface area contributed by atoms with Crippen LogP contribution in [0.25, 0.3) is 0 Å². The average molecular weight is 370 g/mol. The predicted octanol–water partition coefficient (Wildman–Crippen LogP) is 4.05. The standard InChI is InChI=1S/C16H24BrN3O2/c1-16(2,3)22-15(21)20-10-5-4-7-12(20)11-18-14-9-6-8-13(17)19-14/h6,8-9,12H,4-5,7,10-11H2,1-3H3,(H,18,19)/t12-/m1/s1. The van der Waals surface area contributed by atoms with E-state index in [9.17, 15) is 4.79 Å². The van der Waals surface area contributed by atoms with Gasteiger partial charge in [-0.3, -0.25) is 0 Å². The molecule has 0 aliphatic carbocycles. The fraction of sp³-hybridized carbons (Fsp3) is 0.625. The number of carbonyl (C=O) groups excluding carboxylic acids is 1. The zero-order valence-corrected chi connectivity index (χ0v) is 15.0. The monoisotopic (exact) mass is 369 g/mol. The number of anilines is 1. The summed E-state index contributed by atoms with van der Waals surface area (Å²) in [6.07, 6.45) is 2.93. The van der Waals surface area contributed by atoms with Crippen molar-refractivity contribution >= 4 is 27.8 Å². The molecule has 0 unspecified atom stereocenters. The number of aromatic nitrogens is 1. The van der Waals surface area contributed by atoms with Crippen molar-refractivity contribution in [2.24, 2.45) is 0 Å². The molecule has 1 fully saturated rings. The second-order valence-corrected chi connectivity index (χ2v) is 7.36. The number of amides is 1. The molecule has 2 rings (SSSR count). The first kappa shape index (κ1) is 17.1. The van der Waals surface area contributed by atoms with Crippen LogP contribution in [0.1, 0.15) is 40.0 Å². The van der Waals surface area contributed by atoms with Crippen LogP contribution in [-0.4, -0.2) is 40.7 Å². The first-order valence-electron chi connectivity index (χ1n) is 7.71. The van der Waals surface area contributed by atoms with Crippen LogP contribution in [0.4, 0.5) is 10.6 Å². The number of hydrogen-bond donors (Lipinski definition) is 1. The van der Waals surface area contributed by atoms with Gasteiger partial charge < -0.3 is 15.0 Å². The van der Waals surface area contributed by atoms with Gasteiger partial charge in [-0.1, -0.05) is 6.07 Å². The maximum absolute atomic E-state index is 12.3. The zero-order chi connectivity index (χ0) is 16.2. The first-order valence-corrected chi connectivity index (χ1v) is 8.50. The molecule has 0 spiro atoms. The number of pyridine rings is 1. The predicted molar refractivity (Wildman–Crippen MR) is 91.0 cm³/mol. The summed E-state index contributed by atoms with van der Waals surface area (Å²) in [7, 11) is 0. The highest BCUT2D eigenvalue weighted by Gasteiger charge is 2.30. The van der Waals surface area contributed by atoms with Crippen LogP contribution in [0.5, 0.6) is 0 Å². The molecule has 0 aromatic carbocycles. The van der Waals surface area contributed by atoms with Crippen molar-refractivity contribution in [2.45, 2.75) is 51.7 Å². The largest absolute Gasteiger partial charge is 0.444 e. The van der Waals surface area contributed by atoms with Crippen molar-refractivity contribution in [3.63, 3.8) is 0 Å². The van der Waals surface area contributed by atoms with Crippen LogP contribution in [0.15, 0.2) is 22.8 Å². The van der Waals surface area contributed by atoms with E-state index in [-0.39, 0.29) is 12.1 Å². The minimum atomic E-state index is -0.460. The molecular formula is C16H24BrN3O2. The molecule has 0 bridgehead atoms. The smallest absolute Gasteiger partial charge is 0.410 e. The number of likely N-dealkylation sites (tertiary alicyclic amines) is 1. The summed E-state index contributed by atoms with van der Waals surface area (Å²) < 4.78 is 6.31. The van der Waals surface area contributed by atoms with Gasteiger partial charge in [0, 0.05) is 13.1 Å². The summed E-state index contributed by atoms with van der Waals surface area (Å²) in [5.41, 5.74) is -0.460. The molecule has 1 aromatic heterocycles. The van der Waals surface area contributed by atoms with Crippen LogP contribution in [0, 0.1) is 0 Å². The minimum absolute atomic E-state index is 0.143. The number of rotatable bonds is 3. The fourth-order valence-corrected chi connectivity index (χ4v) is 2.85. The molecule has 1 atom stereocenters. The average Bonchev–Trinajstić information content (AvgIpc) is 2.44. The number of piperidine rings is 1. The van der Waals surface area contributed by atoms with E-state index in [1.165, 1.54) is 0 Å². The van der Waals surface area contributed by atoms with Crippen molar-refractivity contribution < 1.29 is 9.53 Å². The number of nitrogens with zero attached hydrogens (tertiary/aromatic N) is 2. The Morgan fingerprint density at radius 2 is 2.23 bits per heavy atom. The molecule has 1 N–H and O–H groups in total. The van der Waals surface area contributed by atoms with Crippen molar-refractivity contribution in [3.8, 4) is 0 Å². The fourth-order valence-electron chi connectivity index (χ4n) is 2.50. The summed E-state index contributed by atoms with van der Waals surface area (Å²) in [5, 5.41) is 3.31. The Morgan fingerprint density at radius 3 is 2.91 bits per heavy atom. The summed E-state index contributed by atoms with van der Waals surface area (Å²) in [6, 6.07) is 5.89. The van der Waals surface area contributed by atoms with E-state index in [1.807, 2.05) is 43.9 Å². The second-order valence-electron chi connectivity index (χ2n) is 6.55. The van der Waals surface area contributed by atoms with Crippen LogP contribution in [0.3, 0.4) is 0 Å². The van der Waals surface area contributed by atoms with E-state index in [0.717, 1.165) is 36.2 Å². The lowest BCUT2D eigenvalue weighted by Gasteiger charge is -2.36. The van der Waals surface area contributed by atoms with Gasteiger partial charge in [0.15, 0.2) is 0 Å². The third-order valence-corrected chi connectivity index (χ3v) is 3.93. The molecule has 122 valence electrons. The van der Waals surface area contributed by atoms with Gasteiger partial charge in [0.25, 0.3) is 0 Å². The Morgan fingerprint density at radius 1 is 1.45 bits per heavy atom. The summed E-state index contributed by atoms with van der Waals surface area (Å²) in [6.45, 7) is 7.13. The van der Waals surface area contributed by atoms with Gasteiger partial charge in [-0.25, -0.2) is 9.78 Å². The van der Waals surface area contributed by atoms with Crippen LogP contribution in [-0.2, 0) is 4.74 Å². The van der Waals surface area contributed by atoms with E-state index >= 15 is 0 Å². The van der Waals surface area contributed by atoms with Crippen molar-refractivity contribution in [1.29, 1.82) is 0 Å². The molecule has 1 saturated heterocycles. The molecule has 0 saturated carbocycles. The Balaban J connectivity index is 1.96. The lowest BCUT2D eigenvalue weighted by molar-refractivity contribution is 0.0114. The van der Waals surface area contributed by atoms with Crippen molar-refractivity contribution in [1.82, 2.24) is 9.88 Å². The van der Waals surface area contributed by atoms with Crippen molar-refractivity contribution in [3.05, 3.63) is 22.8 Å². The molecule has 1 aliphatic rings. The first-order chi connectivity index (χ1) is 10.3. The topological polar surface area (TPSA) is 54.5 Å². The lowest BCUT2D eigenvalue weighted by atomic mass is 10.0. The van der Waals surface area contributed by atoms with Gasteiger partial charge >= 0.3 is 6.09 Å². The van der Waals surface area contributed by atoms with E-state index in [0.29, 0.717) is 6.54 Å². The normalized spacial score (nSPS) is 18.9.